The van der Waals surface area contributed by atoms with Gasteiger partial charge in [-0.1, -0.05) is 11.6 Å². The standard InChI is InChI=1S/C13H14ClNO3S/c14-10-4-3-9(19-10)11(16)15-13(12(17)18)6-7-1-2-8(13)5-7/h3-4,7-8H,1-2,5-6H2,(H,15,16)(H,17,18). The van der Waals surface area contributed by atoms with Gasteiger partial charge in [0.15, 0.2) is 0 Å². The second kappa shape index (κ2) is 4.49. The Balaban J connectivity index is 1.83. The summed E-state index contributed by atoms with van der Waals surface area (Å²) >= 11 is 6.97. The number of carboxylic acid groups (broad SMARTS) is 1. The van der Waals surface area contributed by atoms with Crippen LogP contribution >= 0.6 is 22.9 Å². The summed E-state index contributed by atoms with van der Waals surface area (Å²) in [7, 11) is 0. The molecule has 0 spiro atoms. The summed E-state index contributed by atoms with van der Waals surface area (Å²) in [5.74, 6) is -0.731. The molecule has 3 rings (SSSR count). The van der Waals surface area contributed by atoms with Crippen molar-refractivity contribution in [2.75, 3.05) is 0 Å². The van der Waals surface area contributed by atoms with Crippen LogP contribution in [0.25, 0.3) is 0 Å². The molecule has 19 heavy (non-hydrogen) atoms. The molecule has 0 radical (unpaired) electrons. The van der Waals surface area contributed by atoms with Crippen molar-refractivity contribution in [2.24, 2.45) is 11.8 Å². The Labute approximate surface area is 119 Å². The molecule has 2 saturated carbocycles. The highest BCUT2D eigenvalue weighted by molar-refractivity contribution is 7.18. The minimum absolute atomic E-state index is 0.0642. The molecule has 6 heteroatoms. The summed E-state index contributed by atoms with van der Waals surface area (Å²) in [4.78, 5) is 24.3. The van der Waals surface area contributed by atoms with E-state index in [1.54, 1.807) is 12.1 Å². The molecular formula is C13H14ClNO3S. The van der Waals surface area contributed by atoms with Gasteiger partial charge in [0.25, 0.3) is 5.91 Å². The smallest absolute Gasteiger partial charge is 0.329 e. The van der Waals surface area contributed by atoms with Crippen LogP contribution in [0.1, 0.15) is 35.4 Å². The second-order valence-electron chi connectivity index (χ2n) is 5.41. The summed E-state index contributed by atoms with van der Waals surface area (Å²) in [6, 6.07) is 3.28. The van der Waals surface area contributed by atoms with E-state index in [1.165, 1.54) is 11.3 Å². The van der Waals surface area contributed by atoms with E-state index in [1.807, 2.05) is 0 Å². The quantitative estimate of drug-likeness (QED) is 0.902. The third-order valence-electron chi connectivity index (χ3n) is 4.36. The first-order valence-electron chi connectivity index (χ1n) is 6.32. The van der Waals surface area contributed by atoms with Crippen molar-refractivity contribution >= 4 is 34.8 Å². The van der Waals surface area contributed by atoms with Crippen LogP contribution in [0.5, 0.6) is 0 Å². The number of hydrogen-bond acceptors (Lipinski definition) is 3. The SMILES string of the molecule is O=C(NC1(C(=O)O)CC2CCC1C2)c1ccc(Cl)s1. The first-order chi connectivity index (χ1) is 9.01. The highest BCUT2D eigenvalue weighted by atomic mass is 35.5. The van der Waals surface area contributed by atoms with Crippen molar-refractivity contribution in [2.45, 2.75) is 31.2 Å². The zero-order chi connectivity index (χ0) is 13.6. The van der Waals surface area contributed by atoms with Gasteiger partial charge in [-0.05, 0) is 49.7 Å². The van der Waals surface area contributed by atoms with Gasteiger partial charge in [-0.15, -0.1) is 11.3 Å². The molecule has 2 bridgehead atoms. The van der Waals surface area contributed by atoms with E-state index in [0.29, 0.717) is 21.6 Å². The molecule has 2 aliphatic rings. The average Bonchev–Trinajstić information content (AvgIpc) is 3.03. The summed E-state index contributed by atoms with van der Waals surface area (Å²) in [6.07, 6.45) is 3.44. The molecule has 3 unspecified atom stereocenters. The van der Waals surface area contributed by atoms with Gasteiger partial charge in [-0.25, -0.2) is 4.79 Å². The van der Waals surface area contributed by atoms with Crippen LogP contribution in [0.3, 0.4) is 0 Å². The van der Waals surface area contributed by atoms with E-state index in [-0.39, 0.29) is 11.8 Å². The number of carbonyl (C=O) groups is 2. The maximum absolute atomic E-state index is 12.2. The lowest BCUT2D eigenvalue weighted by molar-refractivity contribution is -0.146. The molecule has 1 aromatic rings. The van der Waals surface area contributed by atoms with Crippen molar-refractivity contribution in [1.82, 2.24) is 5.32 Å². The van der Waals surface area contributed by atoms with Crippen molar-refractivity contribution in [3.63, 3.8) is 0 Å². The molecule has 0 aliphatic heterocycles. The topological polar surface area (TPSA) is 66.4 Å². The van der Waals surface area contributed by atoms with E-state index >= 15 is 0 Å². The normalized spacial score (nSPS) is 32.5. The monoisotopic (exact) mass is 299 g/mol. The van der Waals surface area contributed by atoms with E-state index < -0.39 is 11.5 Å². The number of thiophene rings is 1. The fourth-order valence-electron chi connectivity index (χ4n) is 3.50. The minimum Gasteiger partial charge on any atom is -0.479 e. The van der Waals surface area contributed by atoms with Crippen molar-refractivity contribution in [3.8, 4) is 0 Å². The van der Waals surface area contributed by atoms with Gasteiger partial charge in [0.05, 0.1) is 9.21 Å². The maximum Gasteiger partial charge on any atom is 0.329 e. The fraction of sp³-hybridized carbons (Fsp3) is 0.538. The number of aliphatic carboxylic acids is 1. The highest BCUT2D eigenvalue weighted by Crippen LogP contribution is 2.51. The number of amides is 1. The van der Waals surface area contributed by atoms with Crippen LogP contribution in [0.15, 0.2) is 12.1 Å². The summed E-state index contributed by atoms with van der Waals surface area (Å²) in [5.41, 5.74) is -1.07. The molecule has 1 aromatic heterocycles. The predicted molar refractivity (Wildman–Crippen MR) is 72.6 cm³/mol. The van der Waals surface area contributed by atoms with Gasteiger partial charge >= 0.3 is 5.97 Å². The maximum atomic E-state index is 12.2. The Morgan fingerprint density at radius 3 is 2.68 bits per heavy atom. The molecule has 2 fully saturated rings. The van der Waals surface area contributed by atoms with Crippen LogP contribution in [0.2, 0.25) is 4.34 Å². The number of rotatable bonds is 3. The molecular weight excluding hydrogens is 286 g/mol. The fourth-order valence-corrected chi connectivity index (χ4v) is 4.44. The lowest BCUT2D eigenvalue weighted by Gasteiger charge is -2.34. The number of hydrogen-bond donors (Lipinski definition) is 2. The van der Waals surface area contributed by atoms with Gasteiger partial charge in [0.2, 0.25) is 0 Å². The Bertz CT molecular complexity index is 544. The van der Waals surface area contributed by atoms with Gasteiger partial charge in [-0.3, -0.25) is 4.79 Å². The number of nitrogens with one attached hydrogen (secondary N) is 1. The number of carbonyl (C=O) groups excluding carboxylic acids is 1. The van der Waals surface area contributed by atoms with Gasteiger partial charge < -0.3 is 10.4 Å². The molecule has 102 valence electrons. The van der Waals surface area contributed by atoms with Crippen LogP contribution in [-0.2, 0) is 4.79 Å². The molecule has 1 amide bonds. The third-order valence-corrected chi connectivity index (χ3v) is 5.59. The first kappa shape index (κ1) is 12.9. The summed E-state index contributed by atoms with van der Waals surface area (Å²) in [5, 5.41) is 12.3. The molecule has 0 saturated heterocycles. The van der Waals surface area contributed by atoms with E-state index in [2.05, 4.69) is 5.32 Å². The lowest BCUT2D eigenvalue weighted by atomic mass is 9.81. The molecule has 2 N–H and O–H groups in total. The minimum atomic E-state index is -1.07. The van der Waals surface area contributed by atoms with Crippen molar-refractivity contribution in [1.29, 1.82) is 0 Å². The van der Waals surface area contributed by atoms with Crippen molar-refractivity contribution < 1.29 is 14.7 Å². The lowest BCUT2D eigenvalue weighted by Crippen LogP contribution is -2.57. The molecule has 4 nitrogen and oxygen atoms in total. The van der Waals surface area contributed by atoms with Crippen LogP contribution in [0.4, 0.5) is 0 Å². The zero-order valence-corrected chi connectivity index (χ0v) is 11.8. The van der Waals surface area contributed by atoms with E-state index in [4.69, 9.17) is 11.6 Å². The van der Waals surface area contributed by atoms with Gasteiger partial charge in [0, 0.05) is 0 Å². The highest BCUT2D eigenvalue weighted by Gasteiger charge is 2.56. The van der Waals surface area contributed by atoms with Crippen LogP contribution in [-0.4, -0.2) is 22.5 Å². The Hall–Kier alpha value is -1.07. The number of halogens is 1. The molecule has 0 aromatic carbocycles. The van der Waals surface area contributed by atoms with E-state index in [0.717, 1.165) is 19.3 Å². The van der Waals surface area contributed by atoms with E-state index in [9.17, 15) is 14.7 Å². The second-order valence-corrected chi connectivity index (χ2v) is 7.13. The Morgan fingerprint density at radius 1 is 1.42 bits per heavy atom. The van der Waals surface area contributed by atoms with Gasteiger partial charge in [-0.2, -0.15) is 0 Å². The molecule has 3 atom stereocenters. The number of carboxylic acids is 1. The van der Waals surface area contributed by atoms with Crippen molar-refractivity contribution in [3.05, 3.63) is 21.3 Å². The van der Waals surface area contributed by atoms with Crippen LogP contribution < -0.4 is 5.32 Å². The van der Waals surface area contributed by atoms with Crippen LogP contribution in [0, 0.1) is 11.8 Å². The molecule has 2 aliphatic carbocycles. The largest absolute Gasteiger partial charge is 0.479 e. The zero-order valence-electron chi connectivity index (χ0n) is 10.2. The van der Waals surface area contributed by atoms with Gasteiger partial charge in [0.1, 0.15) is 5.54 Å². The summed E-state index contributed by atoms with van der Waals surface area (Å²) < 4.78 is 0.530. The predicted octanol–water partition coefficient (Wildman–Crippen LogP) is 2.77. The Morgan fingerprint density at radius 2 is 2.21 bits per heavy atom. The summed E-state index contributed by atoms with van der Waals surface area (Å²) in [6.45, 7) is 0. The first-order valence-corrected chi connectivity index (χ1v) is 7.52. The number of fused-ring (bicyclic) bond motifs is 2. The third kappa shape index (κ3) is 2.05. The average molecular weight is 300 g/mol. The molecule has 1 heterocycles. The Kier molecular flexibility index (Phi) is 3.06.